The molecule has 0 bridgehead atoms. The summed E-state index contributed by atoms with van der Waals surface area (Å²) in [6, 6.07) is 1.39. The molecule has 1 atom stereocenters. The lowest BCUT2D eigenvalue weighted by atomic mass is 10.2. The van der Waals surface area contributed by atoms with Crippen molar-refractivity contribution in [3.05, 3.63) is 30.4 Å². The zero-order chi connectivity index (χ0) is 24.9. The van der Waals surface area contributed by atoms with Crippen LogP contribution in [0, 0.1) is 0 Å². The van der Waals surface area contributed by atoms with Gasteiger partial charge in [0.05, 0.1) is 11.6 Å². The van der Waals surface area contributed by atoms with E-state index in [1.54, 1.807) is 33.8 Å². The third-order valence-electron chi connectivity index (χ3n) is 4.72. The fourth-order valence-electron chi connectivity index (χ4n) is 3.11. The van der Waals surface area contributed by atoms with Crippen molar-refractivity contribution >= 4 is 17.9 Å². The molecule has 0 radical (unpaired) electrons. The average Bonchev–Trinajstić information content (AvgIpc) is 2.76. The van der Waals surface area contributed by atoms with Crippen LogP contribution in [0.4, 0.5) is 29.7 Å². The zero-order valence-electron chi connectivity index (χ0n) is 19.5. The number of carbonyl (C=O) groups is 1. The van der Waals surface area contributed by atoms with Gasteiger partial charge >= 0.3 is 12.3 Å². The fourth-order valence-corrected chi connectivity index (χ4v) is 3.11. The van der Waals surface area contributed by atoms with Crippen LogP contribution in [0.25, 0.3) is 0 Å². The van der Waals surface area contributed by atoms with Crippen LogP contribution in [0.1, 0.15) is 33.3 Å². The molecule has 0 aliphatic carbocycles. The molecule has 1 unspecified atom stereocenters. The minimum atomic E-state index is -4.46. The first-order chi connectivity index (χ1) is 15.9. The van der Waals surface area contributed by atoms with Gasteiger partial charge in [-0.05, 0) is 27.7 Å². The smallest absolute Gasteiger partial charge is 0.419 e. The first kappa shape index (κ1) is 25.2. The second kappa shape index (κ2) is 10.3. The van der Waals surface area contributed by atoms with Gasteiger partial charge in [0.25, 0.3) is 0 Å². The maximum absolute atomic E-state index is 12.7. The summed E-state index contributed by atoms with van der Waals surface area (Å²) in [4.78, 5) is 31.8. The lowest BCUT2D eigenvalue weighted by Gasteiger charge is -2.35. The van der Waals surface area contributed by atoms with Gasteiger partial charge in [-0.3, -0.25) is 0 Å². The fraction of sp³-hybridized carbons (Fsp3) is 0.571. The summed E-state index contributed by atoms with van der Waals surface area (Å²) in [5.74, 6) is 1.27. The van der Waals surface area contributed by atoms with Gasteiger partial charge in [0, 0.05) is 44.6 Å². The molecule has 1 N–H and O–H groups in total. The Kier molecular flexibility index (Phi) is 7.62. The Morgan fingerprint density at radius 2 is 1.68 bits per heavy atom. The number of nitrogens with zero attached hydrogens (tertiary/aromatic N) is 6. The van der Waals surface area contributed by atoms with Crippen molar-refractivity contribution in [2.45, 2.75) is 45.5 Å². The largest absolute Gasteiger partial charge is 0.475 e. The number of ether oxygens (including phenoxy) is 2. The quantitative estimate of drug-likeness (QED) is 0.664. The van der Waals surface area contributed by atoms with E-state index in [1.165, 1.54) is 6.33 Å². The molecule has 0 saturated carbocycles. The third-order valence-corrected chi connectivity index (χ3v) is 4.72. The van der Waals surface area contributed by atoms with E-state index >= 15 is 0 Å². The van der Waals surface area contributed by atoms with Gasteiger partial charge in [0.1, 0.15) is 24.4 Å². The van der Waals surface area contributed by atoms with Crippen LogP contribution in [0.5, 0.6) is 5.88 Å². The zero-order valence-corrected chi connectivity index (χ0v) is 19.5. The van der Waals surface area contributed by atoms with Gasteiger partial charge in [0.15, 0.2) is 0 Å². The normalized spacial score (nSPS) is 15.6. The number of nitrogens with one attached hydrogen (secondary N) is 1. The number of anilines is 2. The molecule has 1 aliphatic rings. The molecule has 13 heteroatoms. The Morgan fingerprint density at radius 3 is 2.26 bits per heavy atom. The molecule has 0 spiro atoms. The summed E-state index contributed by atoms with van der Waals surface area (Å²) in [7, 11) is 0. The van der Waals surface area contributed by atoms with Crippen LogP contribution in [0.2, 0.25) is 0 Å². The molecule has 186 valence electrons. The standard InChI is InChI=1S/C21H28F3N7O3/c1-14(29-19(32)34-20(2,3)4)12-33-17-9-16(27-13-28-17)30-5-7-31(8-6-30)18-25-10-15(11-26-18)21(22,23)24/h9-11,13-14H,5-8,12H2,1-4H3,(H,29,32). The molecule has 1 aliphatic heterocycles. The summed E-state index contributed by atoms with van der Waals surface area (Å²) < 4.78 is 49.0. The first-order valence-electron chi connectivity index (χ1n) is 10.7. The van der Waals surface area contributed by atoms with Gasteiger partial charge in [-0.25, -0.2) is 24.7 Å². The number of hydrogen-bond donors (Lipinski definition) is 1. The summed E-state index contributed by atoms with van der Waals surface area (Å²) in [6.45, 7) is 9.49. The summed E-state index contributed by atoms with van der Waals surface area (Å²) >= 11 is 0. The molecule has 10 nitrogen and oxygen atoms in total. The molecular weight excluding hydrogens is 455 g/mol. The molecular formula is C21H28F3N7O3. The van der Waals surface area contributed by atoms with Crippen molar-refractivity contribution in [3.8, 4) is 5.88 Å². The predicted molar refractivity (Wildman–Crippen MR) is 118 cm³/mol. The predicted octanol–water partition coefficient (Wildman–Crippen LogP) is 2.90. The van der Waals surface area contributed by atoms with Gasteiger partial charge in [0.2, 0.25) is 11.8 Å². The van der Waals surface area contributed by atoms with Gasteiger partial charge in [-0.15, -0.1) is 0 Å². The van der Waals surface area contributed by atoms with E-state index in [-0.39, 0.29) is 18.6 Å². The monoisotopic (exact) mass is 483 g/mol. The molecule has 1 saturated heterocycles. The molecule has 2 aromatic heterocycles. The highest BCUT2D eigenvalue weighted by Gasteiger charge is 2.32. The van der Waals surface area contributed by atoms with Gasteiger partial charge < -0.3 is 24.6 Å². The van der Waals surface area contributed by atoms with E-state index in [2.05, 4.69) is 25.3 Å². The molecule has 1 amide bonds. The van der Waals surface area contributed by atoms with Crippen LogP contribution in [-0.2, 0) is 10.9 Å². The number of amides is 1. The average molecular weight is 483 g/mol. The van der Waals surface area contributed by atoms with Crippen LogP contribution >= 0.6 is 0 Å². The Bertz CT molecular complexity index is 959. The number of hydrogen-bond acceptors (Lipinski definition) is 9. The minimum absolute atomic E-state index is 0.189. The molecule has 3 heterocycles. The second-order valence-electron chi connectivity index (χ2n) is 8.82. The van der Waals surface area contributed by atoms with Crippen LogP contribution in [0.15, 0.2) is 24.8 Å². The van der Waals surface area contributed by atoms with Crippen molar-refractivity contribution in [1.29, 1.82) is 0 Å². The maximum atomic E-state index is 12.7. The van der Waals surface area contributed by atoms with E-state index < -0.39 is 23.4 Å². The third kappa shape index (κ3) is 7.32. The van der Waals surface area contributed by atoms with Crippen LogP contribution in [0.3, 0.4) is 0 Å². The summed E-state index contributed by atoms with van der Waals surface area (Å²) in [5.41, 5.74) is -1.46. The van der Waals surface area contributed by atoms with E-state index in [0.29, 0.717) is 37.9 Å². The van der Waals surface area contributed by atoms with E-state index in [0.717, 1.165) is 12.4 Å². The van der Waals surface area contributed by atoms with Gasteiger partial charge in [-0.2, -0.15) is 13.2 Å². The molecule has 34 heavy (non-hydrogen) atoms. The van der Waals surface area contributed by atoms with E-state index in [9.17, 15) is 18.0 Å². The molecule has 1 fully saturated rings. The lowest BCUT2D eigenvalue weighted by Crippen LogP contribution is -2.47. The number of alkyl halides is 3. The van der Waals surface area contributed by atoms with Crippen molar-refractivity contribution in [2.24, 2.45) is 0 Å². The van der Waals surface area contributed by atoms with Crippen molar-refractivity contribution in [1.82, 2.24) is 25.3 Å². The topological polar surface area (TPSA) is 106 Å². The molecule has 0 aromatic carbocycles. The molecule has 3 rings (SSSR count). The number of alkyl carbamates (subject to hydrolysis) is 1. The highest BCUT2D eigenvalue weighted by molar-refractivity contribution is 5.68. The van der Waals surface area contributed by atoms with E-state index in [1.807, 2.05) is 9.80 Å². The number of aromatic nitrogens is 4. The maximum Gasteiger partial charge on any atom is 0.419 e. The van der Waals surface area contributed by atoms with Crippen molar-refractivity contribution < 1.29 is 27.4 Å². The number of rotatable bonds is 6. The Balaban J connectivity index is 1.50. The van der Waals surface area contributed by atoms with Crippen molar-refractivity contribution in [3.63, 3.8) is 0 Å². The van der Waals surface area contributed by atoms with Crippen LogP contribution < -0.4 is 19.9 Å². The lowest BCUT2D eigenvalue weighted by molar-refractivity contribution is -0.138. The SMILES string of the molecule is CC(COc1cc(N2CCN(c3ncc(C(F)(F)F)cn3)CC2)ncn1)NC(=O)OC(C)(C)C. The first-order valence-corrected chi connectivity index (χ1v) is 10.7. The van der Waals surface area contributed by atoms with E-state index in [4.69, 9.17) is 9.47 Å². The highest BCUT2D eigenvalue weighted by atomic mass is 19.4. The second-order valence-corrected chi connectivity index (χ2v) is 8.82. The number of carbonyl (C=O) groups excluding carboxylic acids is 1. The van der Waals surface area contributed by atoms with Crippen molar-refractivity contribution in [2.75, 3.05) is 42.6 Å². The summed E-state index contributed by atoms with van der Waals surface area (Å²) in [6.07, 6.45) is -2.01. The van der Waals surface area contributed by atoms with Gasteiger partial charge in [-0.1, -0.05) is 0 Å². The highest BCUT2D eigenvalue weighted by Crippen LogP contribution is 2.28. The Hall–Kier alpha value is -3.38. The Morgan fingerprint density at radius 1 is 1.06 bits per heavy atom. The Labute approximate surface area is 195 Å². The van der Waals surface area contributed by atoms with Crippen LogP contribution in [-0.4, -0.2) is 70.5 Å². The number of piperazine rings is 1. The number of halogens is 3. The molecule has 2 aromatic rings. The summed E-state index contributed by atoms with van der Waals surface area (Å²) in [5, 5.41) is 2.70. The minimum Gasteiger partial charge on any atom is -0.475 e.